The molecule has 0 fully saturated rings. The van der Waals surface area contributed by atoms with Crippen molar-refractivity contribution in [2.45, 2.75) is 38.3 Å². The second-order valence-corrected chi connectivity index (χ2v) is 10.00. The van der Waals surface area contributed by atoms with Crippen LogP contribution < -0.4 is 26.7 Å². The maximum atomic E-state index is 14.7. The molecule has 0 spiro atoms. The number of carbonyl (C=O) groups excluding carboxylic acids is 2. The molecule has 0 aliphatic carbocycles. The molecule has 248 valence electrons. The highest BCUT2D eigenvalue weighted by atomic mass is 19.4. The molecule has 0 unspecified atom stereocenters. The number of hydrogen-bond donors (Lipinski definition) is 4. The Morgan fingerprint density at radius 3 is 1.98 bits per heavy atom. The lowest BCUT2D eigenvalue weighted by molar-refractivity contribution is -0.831. The van der Waals surface area contributed by atoms with Crippen LogP contribution in [0.2, 0.25) is 0 Å². The molecule has 0 radical (unpaired) electrons. The van der Waals surface area contributed by atoms with Gasteiger partial charge in [0.05, 0.1) is 0 Å². The second-order valence-electron chi connectivity index (χ2n) is 10.00. The number of hydrogen-bond acceptors (Lipinski definition) is 5. The Kier molecular flexibility index (Phi) is 11.0. The number of nitrogens with zero attached hydrogens (tertiary/aromatic N) is 2. The summed E-state index contributed by atoms with van der Waals surface area (Å²) in [6.07, 6.45) is -12.4. The van der Waals surface area contributed by atoms with E-state index in [1.165, 1.54) is 29.2 Å². The molecule has 10 nitrogen and oxygen atoms in total. The fourth-order valence-corrected chi connectivity index (χ4v) is 4.51. The van der Waals surface area contributed by atoms with Crippen molar-refractivity contribution in [3.05, 3.63) is 105 Å². The van der Waals surface area contributed by atoms with Gasteiger partial charge in [-0.2, -0.15) is 26.3 Å². The van der Waals surface area contributed by atoms with Gasteiger partial charge in [-0.1, -0.05) is 36.4 Å². The normalized spacial score (nSPS) is 12.7. The SMILES string of the molecule is Cc1cc(C(F)(C(F)(F)F)C(F)(F)F)cc(C)c1NC(=O)c1cccc(N(CCCN=C(N)N[NH+]([O-])[O-])C(=O)c2ccccc2)c1. The lowest BCUT2D eigenvalue weighted by Gasteiger charge is -2.31. The van der Waals surface area contributed by atoms with Gasteiger partial charge in [0, 0.05) is 41.2 Å². The molecular formula is C29H28F7N6O4-. The molecule has 0 saturated carbocycles. The third-order valence-electron chi connectivity index (χ3n) is 6.69. The third kappa shape index (κ3) is 8.09. The first-order chi connectivity index (χ1) is 21.4. The van der Waals surface area contributed by atoms with Crippen LogP contribution in [0.4, 0.5) is 42.1 Å². The van der Waals surface area contributed by atoms with Crippen molar-refractivity contribution in [2.75, 3.05) is 23.3 Å². The first-order valence-corrected chi connectivity index (χ1v) is 13.4. The van der Waals surface area contributed by atoms with E-state index in [0.717, 1.165) is 13.8 Å². The van der Waals surface area contributed by atoms with E-state index in [4.69, 9.17) is 5.73 Å². The fourth-order valence-electron chi connectivity index (χ4n) is 4.51. The summed E-state index contributed by atoms with van der Waals surface area (Å²) >= 11 is 0. The fraction of sp³-hybridized carbons (Fsp3) is 0.276. The van der Waals surface area contributed by atoms with E-state index in [0.29, 0.717) is 17.7 Å². The summed E-state index contributed by atoms with van der Waals surface area (Å²) in [5, 5.41) is 21.9. The number of alkyl halides is 7. The molecule has 3 rings (SSSR count). The molecule has 3 aromatic rings. The molecule has 3 aromatic carbocycles. The molecule has 0 atom stereocenters. The number of nitrogens with two attached hydrogens (primary N) is 1. The topological polar surface area (TPSA) is 150 Å². The van der Waals surface area contributed by atoms with Gasteiger partial charge in [-0.05, 0) is 61.7 Å². The zero-order chi connectivity index (χ0) is 34.4. The maximum absolute atomic E-state index is 14.7. The molecule has 5 N–H and O–H groups in total. The third-order valence-corrected chi connectivity index (χ3v) is 6.69. The Balaban J connectivity index is 1.91. The van der Waals surface area contributed by atoms with E-state index in [-0.39, 0.29) is 47.6 Å². The van der Waals surface area contributed by atoms with E-state index in [9.17, 15) is 50.7 Å². The minimum absolute atomic E-state index is 0.00223. The number of aliphatic imine (C=N–C) groups is 1. The predicted octanol–water partition coefficient (Wildman–Crippen LogP) is 4.58. The van der Waals surface area contributed by atoms with Crippen molar-refractivity contribution in [3.63, 3.8) is 0 Å². The number of halogens is 7. The van der Waals surface area contributed by atoms with E-state index in [1.54, 1.807) is 35.8 Å². The largest absolute Gasteiger partial charge is 0.607 e. The zero-order valence-electron chi connectivity index (χ0n) is 24.2. The summed E-state index contributed by atoms with van der Waals surface area (Å²) in [6.45, 7) is 2.27. The van der Waals surface area contributed by atoms with Crippen molar-refractivity contribution < 1.29 is 45.7 Å². The Hall–Kier alpha value is -4.74. The minimum atomic E-state index is -6.30. The Labute approximate surface area is 257 Å². The first kappa shape index (κ1) is 35.7. The lowest BCUT2D eigenvalue weighted by Crippen LogP contribution is -3.10. The summed E-state index contributed by atoms with van der Waals surface area (Å²) in [5.41, 5.74) is -0.258. The highest BCUT2D eigenvalue weighted by Crippen LogP contribution is 2.53. The summed E-state index contributed by atoms with van der Waals surface area (Å²) in [5.74, 6) is -1.70. The summed E-state index contributed by atoms with van der Waals surface area (Å²) < 4.78 is 94.4. The van der Waals surface area contributed by atoms with Gasteiger partial charge >= 0.3 is 18.0 Å². The van der Waals surface area contributed by atoms with Crippen LogP contribution in [0.15, 0.2) is 71.7 Å². The first-order valence-electron chi connectivity index (χ1n) is 13.4. The number of quaternary nitrogens is 1. The molecule has 0 heterocycles. The number of carbonyl (C=O) groups is 2. The number of amides is 2. The molecule has 0 aromatic heterocycles. The van der Waals surface area contributed by atoms with Gasteiger partial charge < -0.3 is 31.7 Å². The molecule has 0 saturated heterocycles. The van der Waals surface area contributed by atoms with E-state index in [1.807, 2.05) is 0 Å². The van der Waals surface area contributed by atoms with Crippen LogP contribution in [0.3, 0.4) is 0 Å². The van der Waals surface area contributed by atoms with Crippen molar-refractivity contribution in [2.24, 2.45) is 10.7 Å². The van der Waals surface area contributed by atoms with Crippen LogP contribution in [0, 0.1) is 24.3 Å². The minimum Gasteiger partial charge on any atom is -0.607 e. The van der Waals surface area contributed by atoms with Gasteiger partial charge in [0.1, 0.15) is 0 Å². The molecular weight excluding hydrogens is 629 g/mol. The van der Waals surface area contributed by atoms with Crippen LogP contribution >= 0.6 is 0 Å². The molecule has 17 heteroatoms. The quantitative estimate of drug-likeness (QED) is 0.0825. The van der Waals surface area contributed by atoms with E-state index >= 15 is 0 Å². The number of benzene rings is 3. The summed E-state index contributed by atoms with van der Waals surface area (Å²) in [4.78, 5) is 31.8. The highest BCUT2D eigenvalue weighted by molar-refractivity contribution is 6.08. The molecule has 2 amide bonds. The average Bonchev–Trinajstić information content (AvgIpc) is 2.97. The molecule has 0 aliphatic rings. The van der Waals surface area contributed by atoms with Crippen molar-refractivity contribution in [1.29, 1.82) is 0 Å². The number of rotatable bonds is 10. The van der Waals surface area contributed by atoms with Gasteiger partial charge in [-0.25, -0.2) is 14.8 Å². The highest BCUT2D eigenvalue weighted by Gasteiger charge is 2.73. The Bertz CT molecular complexity index is 1540. The van der Waals surface area contributed by atoms with Gasteiger partial charge in [-0.15, -0.1) is 0 Å². The van der Waals surface area contributed by atoms with E-state index < -0.39 is 46.7 Å². The van der Waals surface area contributed by atoms with Crippen LogP contribution in [-0.4, -0.2) is 43.2 Å². The van der Waals surface area contributed by atoms with Gasteiger partial charge in [0.2, 0.25) is 5.96 Å². The number of aryl methyl sites for hydroxylation is 2. The molecule has 46 heavy (non-hydrogen) atoms. The standard InChI is InChI=1S/C29H28F7N6O4/c1-17-14-21(27(30,28(31,32)33)29(34,35)36)15-18(2)23(17)39-24(43)20-10-6-11-22(16-20)41(25(44)19-8-4-3-5-9-19)13-7-12-38-26(37)40-42(45)46/h3-6,8-11,14-16,42H,7,12-13H2,1-2H3,(H,39,43)(H3,37,38,40)/q-1. The smallest absolute Gasteiger partial charge is 0.435 e. The van der Waals surface area contributed by atoms with Gasteiger partial charge in [0.15, 0.2) is 0 Å². The zero-order valence-corrected chi connectivity index (χ0v) is 24.2. The van der Waals surface area contributed by atoms with Gasteiger partial charge in [0.25, 0.3) is 11.8 Å². The lowest BCUT2D eigenvalue weighted by atomic mass is 9.90. The van der Waals surface area contributed by atoms with Gasteiger partial charge in [-0.3, -0.25) is 9.59 Å². The Morgan fingerprint density at radius 2 is 1.43 bits per heavy atom. The maximum Gasteiger partial charge on any atom is 0.435 e. The van der Waals surface area contributed by atoms with Crippen LogP contribution in [-0.2, 0) is 5.67 Å². The van der Waals surface area contributed by atoms with Crippen molar-refractivity contribution in [1.82, 2.24) is 5.43 Å². The summed E-state index contributed by atoms with van der Waals surface area (Å²) in [6, 6.07) is 14.5. The number of guanidine groups is 1. The summed E-state index contributed by atoms with van der Waals surface area (Å²) in [7, 11) is 0. The van der Waals surface area contributed by atoms with E-state index in [2.05, 4.69) is 10.3 Å². The average molecular weight is 658 g/mol. The monoisotopic (exact) mass is 657 g/mol. The number of anilines is 2. The predicted molar refractivity (Wildman–Crippen MR) is 155 cm³/mol. The van der Waals surface area contributed by atoms with Crippen molar-refractivity contribution in [3.8, 4) is 0 Å². The number of nitrogens with one attached hydrogen (secondary N) is 3. The van der Waals surface area contributed by atoms with Crippen LogP contribution in [0.1, 0.15) is 43.8 Å². The Morgan fingerprint density at radius 1 is 0.870 bits per heavy atom. The van der Waals surface area contributed by atoms with Crippen molar-refractivity contribution >= 4 is 29.1 Å². The molecule has 0 aliphatic heterocycles. The van der Waals surface area contributed by atoms with Crippen LogP contribution in [0.25, 0.3) is 0 Å². The second kappa shape index (κ2) is 14.1. The van der Waals surface area contributed by atoms with Crippen LogP contribution in [0.5, 0.6) is 0 Å². The molecule has 0 bridgehead atoms.